The summed E-state index contributed by atoms with van der Waals surface area (Å²) in [7, 11) is -1.36. The molecular formula is C35H53F3N7O5P. The Morgan fingerprint density at radius 2 is 1.80 bits per heavy atom. The molecule has 3 fully saturated rings. The van der Waals surface area contributed by atoms with E-state index in [0.717, 1.165) is 43.4 Å². The molecule has 1 aliphatic carbocycles. The molecule has 0 radical (unpaired) electrons. The van der Waals surface area contributed by atoms with Crippen molar-refractivity contribution in [3.8, 4) is 6.01 Å². The molecule has 0 spiro atoms. The number of ether oxygens (including phenoxy) is 1. The number of hydrogen-bond acceptors (Lipinski definition) is 11. The maximum Gasteiger partial charge on any atom is 0.418 e. The number of halogens is 3. The average Bonchev–Trinajstić information content (AvgIpc) is 3.80. The summed E-state index contributed by atoms with van der Waals surface area (Å²) in [5.41, 5.74) is 7.01. The minimum absolute atomic E-state index is 0.0926. The minimum Gasteiger partial charge on any atom is -0.461 e. The number of rotatable bonds is 11. The molecule has 4 aliphatic rings. The molecule has 2 N–H and O–H groups in total. The Hall–Kier alpha value is -3.00. The summed E-state index contributed by atoms with van der Waals surface area (Å²) in [5.74, 6) is 1.43. The number of likely N-dealkylation sites (N-methyl/N-ethyl adjacent to an activating group) is 1. The SMILES string of the molecule is CCOP(=O)(CC(=O)N1CCC(N(C)c2nc(OCC34CCCN3CCC4)nc3c2CC(C)CC3)C1)OCC.Cc1cc(N)ncc1C(F)(F)F. The van der Waals surface area contributed by atoms with Crippen LogP contribution in [0.2, 0.25) is 0 Å². The van der Waals surface area contributed by atoms with Crippen LogP contribution in [-0.2, 0) is 37.4 Å². The molecule has 284 valence electrons. The third-order valence-electron chi connectivity index (χ3n) is 10.6. The molecule has 3 saturated heterocycles. The van der Waals surface area contributed by atoms with Crippen LogP contribution in [0.4, 0.5) is 24.8 Å². The van der Waals surface area contributed by atoms with Crippen LogP contribution in [-0.4, -0.2) is 101 Å². The Morgan fingerprint density at radius 1 is 1.12 bits per heavy atom. The van der Waals surface area contributed by atoms with Gasteiger partial charge >= 0.3 is 19.8 Å². The third-order valence-corrected chi connectivity index (χ3v) is 12.5. The van der Waals surface area contributed by atoms with E-state index in [0.29, 0.717) is 31.6 Å². The maximum absolute atomic E-state index is 13.1. The van der Waals surface area contributed by atoms with Crippen molar-refractivity contribution >= 4 is 25.1 Å². The van der Waals surface area contributed by atoms with Crippen molar-refractivity contribution in [3.63, 3.8) is 0 Å². The Labute approximate surface area is 299 Å². The van der Waals surface area contributed by atoms with Gasteiger partial charge in [0.1, 0.15) is 24.4 Å². The number of alkyl halides is 3. The van der Waals surface area contributed by atoms with Gasteiger partial charge in [0.2, 0.25) is 5.91 Å². The van der Waals surface area contributed by atoms with E-state index < -0.39 is 19.3 Å². The Balaban J connectivity index is 0.000000357. The lowest BCUT2D eigenvalue weighted by Gasteiger charge is -2.33. The second-order valence-electron chi connectivity index (χ2n) is 14.2. The lowest BCUT2D eigenvalue weighted by molar-refractivity contribution is -0.138. The van der Waals surface area contributed by atoms with E-state index in [1.54, 1.807) is 18.7 Å². The summed E-state index contributed by atoms with van der Waals surface area (Å²) in [6.07, 6.45) is 4.86. The van der Waals surface area contributed by atoms with Gasteiger partial charge in [-0.2, -0.15) is 23.1 Å². The molecule has 5 heterocycles. The number of carbonyl (C=O) groups is 1. The third kappa shape index (κ3) is 9.33. The van der Waals surface area contributed by atoms with Gasteiger partial charge in [0.25, 0.3) is 0 Å². The molecule has 2 atom stereocenters. The number of likely N-dealkylation sites (tertiary alicyclic amines) is 1. The van der Waals surface area contributed by atoms with Gasteiger partial charge in [0, 0.05) is 37.9 Å². The second-order valence-corrected chi connectivity index (χ2v) is 16.3. The first-order valence-corrected chi connectivity index (χ1v) is 19.9. The lowest BCUT2D eigenvalue weighted by atomic mass is 9.88. The quantitative estimate of drug-likeness (QED) is 0.276. The van der Waals surface area contributed by atoms with Gasteiger partial charge < -0.3 is 29.3 Å². The normalized spacial score (nSPS) is 21.5. The highest BCUT2D eigenvalue weighted by Crippen LogP contribution is 2.48. The molecule has 1 amide bonds. The van der Waals surface area contributed by atoms with Crippen LogP contribution < -0.4 is 15.4 Å². The number of amides is 1. The molecule has 3 aliphatic heterocycles. The summed E-state index contributed by atoms with van der Waals surface area (Å²) in [6, 6.07) is 1.79. The molecule has 2 unspecified atom stereocenters. The number of fused-ring (bicyclic) bond motifs is 2. The molecule has 2 aromatic heterocycles. The van der Waals surface area contributed by atoms with Crippen LogP contribution in [0.5, 0.6) is 6.01 Å². The lowest BCUT2D eigenvalue weighted by Crippen LogP contribution is -2.43. The maximum atomic E-state index is 13.1. The summed E-state index contributed by atoms with van der Waals surface area (Å²) in [6.45, 7) is 11.8. The highest BCUT2D eigenvalue weighted by molar-refractivity contribution is 7.54. The monoisotopic (exact) mass is 739 g/mol. The van der Waals surface area contributed by atoms with E-state index >= 15 is 0 Å². The average molecular weight is 740 g/mol. The summed E-state index contributed by atoms with van der Waals surface area (Å²) in [5, 5.41) is 0. The standard InChI is InChI=1S/C28H46N5O5P.C7H7F3N2/c1-5-37-39(35,38-6-2)19-25(34)32-16-11-22(18-32)31(4)26-23-17-21(3)9-10-24(23)29-27(30-26)36-20-28-12-7-14-33(28)15-8-13-28;1-4-2-6(11)12-3-5(4)7(8,9)10/h21-22H,5-20H2,1-4H3;2-3H,1H3,(H2,11,12). The number of anilines is 2. The van der Waals surface area contributed by atoms with Crippen molar-refractivity contribution in [3.05, 3.63) is 34.6 Å². The molecule has 12 nitrogen and oxygen atoms in total. The number of nitrogen functional groups attached to an aromatic ring is 1. The van der Waals surface area contributed by atoms with Gasteiger partial charge in [-0.05, 0) is 103 Å². The second kappa shape index (κ2) is 16.3. The van der Waals surface area contributed by atoms with Gasteiger partial charge in [-0.3, -0.25) is 14.3 Å². The Kier molecular flexibility index (Phi) is 12.6. The van der Waals surface area contributed by atoms with E-state index in [2.05, 4.69) is 28.8 Å². The molecule has 0 aromatic carbocycles. The van der Waals surface area contributed by atoms with E-state index in [9.17, 15) is 22.5 Å². The zero-order chi connectivity index (χ0) is 37.0. The fourth-order valence-electron chi connectivity index (χ4n) is 7.88. The first-order valence-electron chi connectivity index (χ1n) is 18.1. The van der Waals surface area contributed by atoms with Crippen molar-refractivity contribution in [2.24, 2.45) is 5.92 Å². The van der Waals surface area contributed by atoms with Crippen molar-refractivity contribution < 1.29 is 36.3 Å². The van der Waals surface area contributed by atoms with Crippen LogP contribution in [0.1, 0.15) is 81.7 Å². The number of carbonyl (C=O) groups excluding carboxylic acids is 1. The van der Waals surface area contributed by atoms with Crippen LogP contribution in [0, 0.1) is 12.8 Å². The molecule has 16 heteroatoms. The smallest absolute Gasteiger partial charge is 0.418 e. The Morgan fingerprint density at radius 3 is 2.43 bits per heavy atom. The largest absolute Gasteiger partial charge is 0.461 e. The number of nitrogens with zero attached hydrogens (tertiary/aromatic N) is 6. The summed E-state index contributed by atoms with van der Waals surface area (Å²) < 4.78 is 66.3. The predicted octanol–water partition coefficient (Wildman–Crippen LogP) is 5.90. The van der Waals surface area contributed by atoms with Crippen LogP contribution in [0.25, 0.3) is 0 Å². The first kappa shape index (κ1) is 39.2. The molecule has 2 aromatic rings. The molecular weight excluding hydrogens is 686 g/mol. The zero-order valence-corrected chi connectivity index (χ0v) is 31.4. The van der Waals surface area contributed by atoms with Crippen LogP contribution in [0.3, 0.4) is 0 Å². The first-order chi connectivity index (χ1) is 24.2. The van der Waals surface area contributed by atoms with Gasteiger partial charge in [-0.25, -0.2) is 4.98 Å². The molecule has 6 rings (SSSR count). The van der Waals surface area contributed by atoms with E-state index in [1.807, 2.05) is 0 Å². The highest BCUT2D eigenvalue weighted by atomic mass is 31.2. The number of nitrogens with two attached hydrogens (primary N) is 1. The fourth-order valence-corrected chi connectivity index (χ4v) is 9.46. The number of aromatic nitrogens is 3. The minimum atomic E-state index is -4.34. The number of hydrogen-bond donors (Lipinski definition) is 1. The van der Waals surface area contributed by atoms with Crippen molar-refractivity contribution in [1.29, 1.82) is 0 Å². The van der Waals surface area contributed by atoms with Crippen LogP contribution in [0.15, 0.2) is 12.3 Å². The van der Waals surface area contributed by atoms with Crippen LogP contribution >= 0.6 is 7.60 Å². The zero-order valence-electron chi connectivity index (χ0n) is 30.5. The van der Waals surface area contributed by atoms with Gasteiger partial charge in [0.15, 0.2) is 0 Å². The van der Waals surface area contributed by atoms with E-state index in [1.165, 1.54) is 57.3 Å². The molecule has 0 bridgehead atoms. The molecule has 51 heavy (non-hydrogen) atoms. The van der Waals surface area contributed by atoms with E-state index in [-0.39, 0.29) is 48.2 Å². The topological polar surface area (TPSA) is 136 Å². The Bertz CT molecular complexity index is 1560. The van der Waals surface area contributed by atoms with Crippen molar-refractivity contribution in [2.75, 3.05) is 69.8 Å². The van der Waals surface area contributed by atoms with Gasteiger partial charge in [-0.1, -0.05) is 6.92 Å². The molecule has 0 saturated carbocycles. The van der Waals surface area contributed by atoms with E-state index in [4.69, 9.17) is 29.5 Å². The number of aryl methyl sites for hydroxylation is 2. The predicted molar refractivity (Wildman–Crippen MR) is 189 cm³/mol. The fraction of sp³-hybridized carbons (Fsp3) is 0.714. The van der Waals surface area contributed by atoms with Crippen molar-refractivity contribution in [1.82, 2.24) is 24.8 Å². The van der Waals surface area contributed by atoms with Gasteiger partial charge in [0.05, 0.1) is 30.0 Å². The highest BCUT2D eigenvalue weighted by Gasteiger charge is 2.45. The van der Waals surface area contributed by atoms with Gasteiger partial charge in [-0.15, -0.1) is 0 Å². The summed E-state index contributed by atoms with van der Waals surface area (Å²) >= 11 is 0. The van der Waals surface area contributed by atoms with Crippen molar-refractivity contribution in [2.45, 2.75) is 96.8 Å². The summed E-state index contributed by atoms with van der Waals surface area (Å²) in [4.78, 5) is 32.9. The number of pyridine rings is 1.